The summed E-state index contributed by atoms with van der Waals surface area (Å²) in [6.45, 7) is 1.94. The standard InChI is InChI=1S/C14H13ClN3O3PS/c1-8-2-3-9(4-11(8)15)12-5-10-13(18-7-22(19,20)21)16-6-17-14(10)23-12/h2-6H,7H2,1H3,(H,16,17,18)(H2,19,20,21). The molecule has 0 aliphatic carbocycles. The first-order valence-electron chi connectivity index (χ1n) is 6.63. The molecule has 0 saturated carbocycles. The van der Waals surface area contributed by atoms with Gasteiger partial charge in [0.1, 0.15) is 23.3 Å². The van der Waals surface area contributed by atoms with E-state index < -0.39 is 13.9 Å². The van der Waals surface area contributed by atoms with Crippen LogP contribution in [0.2, 0.25) is 5.02 Å². The summed E-state index contributed by atoms with van der Waals surface area (Å²) < 4.78 is 11.0. The number of nitrogens with one attached hydrogen (secondary N) is 1. The van der Waals surface area contributed by atoms with Gasteiger partial charge in [-0.05, 0) is 30.2 Å². The van der Waals surface area contributed by atoms with E-state index in [1.807, 2.05) is 31.2 Å². The molecule has 0 saturated heterocycles. The van der Waals surface area contributed by atoms with Crippen LogP contribution in [-0.4, -0.2) is 26.0 Å². The summed E-state index contributed by atoms with van der Waals surface area (Å²) in [7, 11) is -4.16. The number of thiophene rings is 1. The predicted molar refractivity (Wildman–Crippen MR) is 93.1 cm³/mol. The van der Waals surface area contributed by atoms with Crippen molar-refractivity contribution in [2.45, 2.75) is 6.92 Å². The second-order valence-electron chi connectivity index (χ2n) is 5.02. The van der Waals surface area contributed by atoms with Crippen LogP contribution in [0.3, 0.4) is 0 Å². The van der Waals surface area contributed by atoms with Crippen LogP contribution in [0.4, 0.5) is 5.82 Å². The smallest absolute Gasteiger partial charge is 0.344 e. The third-order valence-corrected chi connectivity index (χ3v) is 5.31. The van der Waals surface area contributed by atoms with Crippen molar-refractivity contribution >= 4 is 46.6 Å². The predicted octanol–water partition coefficient (Wildman–Crippen LogP) is 3.87. The maximum absolute atomic E-state index is 11.0. The lowest BCUT2D eigenvalue weighted by Crippen LogP contribution is -2.04. The van der Waals surface area contributed by atoms with Crippen LogP contribution in [-0.2, 0) is 4.57 Å². The van der Waals surface area contributed by atoms with Gasteiger partial charge in [-0.2, -0.15) is 0 Å². The highest BCUT2D eigenvalue weighted by molar-refractivity contribution is 7.51. The van der Waals surface area contributed by atoms with Crippen molar-refractivity contribution in [1.29, 1.82) is 0 Å². The van der Waals surface area contributed by atoms with E-state index in [1.165, 1.54) is 17.7 Å². The average Bonchev–Trinajstić information content (AvgIpc) is 2.91. The zero-order valence-electron chi connectivity index (χ0n) is 12.0. The Morgan fingerprint density at radius 2 is 2.09 bits per heavy atom. The summed E-state index contributed by atoms with van der Waals surface area (Å²) in [5.74, 6) is 0.402. The fourth-order valence-corrected chi connectivity index (χ4v) is 3.59. The molecule has 3 rings (SSSR count). The van der Waals surface area contributed by atoms with E-state index >= 15 is 0 Å². The number of fused-ring (bicyclic) bond motifs is 1. The molecule has 120 valence electrons. The Bertz CT molecular complexity index is 925. The second-order valence-corrected chi connectivity index (χ2v) is 8.10. The lowest BCUT2D eigenvalue weighted by molar-refractivity contribution is 0.375. The minimum atomic E-state index is -4.16. The first-order chi connectivity index (χ1) is 10.8. The van der Waals surface area contributed by atoms with Crippen LogP contribution in [0, 0.1) is 6.92 Å². The van der Waals surface area contributed by atoms with Gasteiger partial charge in [-0.25, -0.2) is 9.97 Å². The Balaban J connectivity index is 2.01. The molecule has 0 aliphatic rings. The summed E-state index contributed by atoms with van der Waals surface area (Å²) in [6, 6.07) is 7.70. The molecule has 9 heteroatoms. The van der Waals surface area contributed by atoms with Crippen molar-refractivity contribution in [3.8, 4) is 10.4 Å². The molecule has 2 heterocycles. The fourth-order valence-electron chi connectivity index (χ4n) is 2.06. The normalized spacial score (nSPS) is 11.8. The van der Waals surface area contributed by atoms with Gasteiger partial charge in [-0.1, -0.05) is 23.7 Å². The molecule has 0 amide bonds. The molecule has 0 aliphatic heterocycles. The quantitative estimate of drug-likeness (QED) is 0.604. The molecule has 0 bridgehead atoms. The van der Waals surface area contributed by atoms with Crippen molar-refractivity contribution in [2.75, 3.05) is 11.6 Å². The van der Waals surface area contributed by atoms with Crippen molar-refractivity contribution in [1.82, 2.24) is 9.97 Å². The highest BCUT2D eigenvalue weighted by Crippen LogP contribution is 2.38. The largest absolute Gasteiger partial charge is 0.358 e. The molecule has 0 spiro atoms. The van der Waals surface area contributed by atoms with Crippen LogP contribution in [0.1, 0.15) is 5.56 Å². The molecule has 2 aromatic heterocycles. The summed E-state index contributed by atoms with van der Waals surface area (Å²) in [6.07, 6.45) is 0.896. The van der Waals surface area contributed by atoms with E-state index in [1.54, 1.807) is 0 Å². The van der Waals surface area contributed by atoms with Crippen LogP contribution in [0.25, 0.3) is 20.7 Å². The lowest BCUT2D eigenvalue weighted by atomic mass is 10.1. The van der Waals surface area contributed by atoms with E-state index in [-0.39, 0.29) is 0 Å². The van der Waals surface area contributed by atoms with Gasteiger partial charge in [0.15, 0.2) is 0 Å². The van der Waals surface area contributed by atoms with Crippen molar-refractivity contribution in [3.63, 3.8) is 0 Å². The molecule has 23 heavy (non-hydrogen) atoms. The lowest BCUT2D eigenvalue weighted by Gasteiger charge is -2.07. The Labute approximate surface area is 141 Å². The third-order valence-electron chi connectivity index (χ3n) is 3.24. The van der Waals surface area contributed by atoms with Crippen LogP contribution < -0.4 is 5.32 Å². The van der Waals surface area contributed by atoms with E-state index in [0.717, 1.165) is 26.2 Å². The fraction of sp³-hybridized carbons (Fsp3) is 0.143. The number of aryl methyl sites for hydroxylation is 1. The minimum absolute atomic E-state index is 0.402. The Hall–Kier alpha value is -1.50. The highest BCUT2D eigenvalue weighted by atomic mass is 35.5. The molecule has 6 nitrogen and oxygen atoms in total. The van der Waals surface area contributed by atoms with Crippen molar-refractivity contribution < 1.29 is 14.4 Å². The number of nitrogens with zero attached hydrogens (tertiary/aromatic N) is 2. The van der Waals surface area contributed by atoms with E-state index in [2.05, 4.69) is 15.3 Å². The third kappa shape index (κ3) is 3.71. The SMILES string of the molecule is Cc1ccc(-c2cc3c(NCP(=O)(O)O)ncnc3s2)cc1Cl. The Kier molecular flexibility index (Phi) is 4.40. The first kappa shape index (κ1) is 16.4. The van der Waals surface area contributed by atoms with Gasteiger partial charge >= 0.3 is 7.60 Å². The molecule has 0 radical (unpaired) electrons. The minimum Gasteiger partial charge on any atom is -0.358 e. The molecular formula is C14H13ClN3O3PS. The summed E-state index contributed by atoms with van der Waals surface area (Å²) >= 11 is 7.64. The topological polar surface area (TPSA) is 95.3 Å². The number of benzene rings is 1. The Morgan fingerprint density at radius 1 is 1.30 bits per heavy atom. The number of rotatable bonds is 4. The Morgan fingerprint density at radius 3 is 2.78 bits per heavy atom. The number of aromatic nitrogens is 2. The van der Waals surface area contributed by atoms with Gasteiger partial charge in [0.05, 0.1) is 5.39 Å². The van der Waals surface area contributed by atoms with Crippen LogP contribution in [0.5, 0.6) is 0 Å². The number of halogens is 1. The zero-order valence-corrected chi connectivity index (χ0v) is 14.5. The number of hydrogen-bond donors (Lipinski definition) is 3. The van der Waals surface area contributed by atoms with Gasteiger partial charge in [0.2, 0.25) is 0 Å². The van der Waals surface area contributed by atoms with Crippen molar-refractivity contribution in [2.24, 2.45) is 0 Å². The second kappa shape index (κ2) is 6.19. The van der Waals surface area contributed by atoms with Gasteiger partial charge < -0.3 is 15.1 Å². The maximum atomic E-state index is 11.0. The molecule has 0 unspecified atom stereocenters. The number of anilines is 1. The maximum Gasteiger partial charge on any atom is 0.344 e. The molecule has 0 fully saturated rings. The monoisotopic (exact) mass is 369 g/mol. The van der Waals surface area contributed by atoms with Crippen molar-refractivity contribution in [3.05, 3.63) is 41.2 Å². The van der Waals surface area contributed by atoms with Gasteiger partial charge in [0, 0.05) is 9.90 Å². The summed E-state index contributed by atoms with van der Waals surface area (Å²) in [5.41, 5.74) is 1.96. The van der Waals surface area contributed by atoms with Crippen LogP contribution >= 0.6 is 30.5 Å². The van der Waals surface area contributed by atoms with Gasteiger partial charge in [0.25, 0.3) is 0 Å². The van der Waals surface area contributed by atoms with Gasteiger partial charge in [-0.15, -0.1) is 11.3 Å². The van der Waals surface area contributed by atoms with Gasteiger partial charge in [-0.3, -0.25) is 4.57 Å². The molecule has 3 N–H and O–H groups in total. The van der Waals surface area contributed by atoms with E-state index in [4.69, 9.17) is 21.4 Å². The molecule has 0 atom stereocenters. The van der Waals surface area contributed by atoms with Crippen LogP contribution in [0.15, 0.2) is 30.6 Å². The number of hydrogen-bond acceptors (Lipinski definition) is 5. The average molecular weight is 370 g/mol. The summed E-state index contributed by atoms with van der Waals surface area (Å²) in [4.78, 5) is 27.9. The molecule has 3 aromatic rings. The zero-order chi connectivity index (χ0) is 16.6. The van der Waals surface area contributed by atoms with E-state index in [9.17, 15) is 4.57 Å². The summed E-state index contributed by atoms with van der Waals surface area (Å²) in [5, 5.41) is 4.09. The molecular weight excluding hydrogens is 357 g/mol. The molecule has 1 aromatic carbocycles. The highest BCUT2D eigenvalue weighted by Gasteiger charge is 2.15. The first-order valence-corrected chi connectivity index (χ1v) is 9.62. The van der Waals surface area contributed by atoms with E-state index in [0.29, 0.717) is 10.8 Å².